The van der Waals surface area contributed by atoms with Gasteiger partial charge < -0.3 is 14.4 Å². The lowest BCUT2D eigenvalue weighted by Crippen LogP contribution is -2.31. The SMILES string of the molecule is CC1Oc2c(C(=O)N(C)CCOc3ccccc3Cl)cccc2C1C. The van der Waals surface area contributed by atoms with Gasteiger partial charge in [-0.25, -0.2) is 0 Å². The van der Waals surface area contributed by atoms with Crippen molar-refractivity contribution in [2.45, 2.75) is 25.9 Å². The Morgan fingerprint density at radius 3 is 2.72 bits per heavy atom. The molecule has 1 aliphatic heterocycles. The van der Waals surface area contributed by atoms with Gasteiger partial charge in [0.15, 0.2) is 0 Å². The molecule has 0 saturated heterocycles. The van der Waals surface area contributed by atoms with Gasteiger partial charge in [0.1, 0.15) is 24.2 Å². The molecular formula is C20H22ClNO3. The highest BCUT2D eigenvalue weighted by Crippen LogP contribution is 2.40. The van der Waals surface area contributed by atoms with Crippen molar-refractivity contribution in [3.8, 4) is 11.5 Å². The fourth-order valence-electron chi connectivity index (χ4n) is 2.92. The van der Waals surface area contributed by atoms with Crippen LogP contribution in [0.2, 0.25) is 5.02 Å². The summed E-state index contributed by atoms with van der Waals surface area (Å²) in [6, 6.07) is 13.1. The van der Waals surface area contributed by atoms with Crippen molar-refractivity contribution < 1.29 is 14.3 Å². The fraction of sp³-hybridized carbons (Fsp3) is 0.350. The summed E-state index contributed by atoms with van der Waals surface area (Å²) >= 11 is 6.07. The Kier molecular flexibility index (Phi) is 5.19. The van der Waals surface area contributed by atoms with E-state index in [9.17, 15) is 4.79 Å². The second-order valence-corrected chi connectivity index (χ2v) is 6.75. The minimum atomic E-state index is -0.0686. The molecule has 25 heavy (non-hydrogen) atoms. The quantitative estimate of drug-likeness (QED) is 0.795. The molecule has 132 valence electrons. The number of carbonyl (C=O) groups excluding carboxylic acids is 1. The largest absolute Gasteiger partial charge is 0.490 e. The van der Waals surface area contributed by atoms with Crippen LogP contribution in [0.15, 0.2) is 42.5 Å². The molecule has 0 radical (unpaired) electrons. The summed E-state index contributed by atoms with van der Waals surface area (Å²) in [5, 5.41) is 0.564. The maximum atomic E-state index is 12.8. The number of carbonyl (C=O) groups is 1. The molecule has 2 unspecified atom stereocenters. The molecule has 0 N–H and O–H groups in total. The summed E-state index contributed by atoms with van der Waals surface area (Å²) in [6.07, 6.45) is 0.0813. The third kappa shape index (κ3) is 3.59. The molecular weight excluding hydrogens is 338 g/mol. The standard InChI is InChI=1S/C20H22ClNO3/c1-13-14(2)25-19-15(13)7-6-8-16(19)20(23)22(3)11-12-24-18-10-5-4-9-17(18)21/h4-10,13-14H,11-12H2,1-3H3. The molecule has 1 heterocycles. The van der Waals surface area contributed by atoms with E-state index < -0.39 is 0 Å². The number of halogens is 1. The number of fused-ring (bicyclic) bond motifs is 1. The van der Waals surface area contributed by atoms with E-state index in [1.807, 2.05) is 43.3 Å². The maximum Gasteiger partial charge on any atom is 0.257 e. The Morgan fingerprint density at radius 2 is 1.96 bits per heavy atom. The van der Waals surface area contributed by atoms with Gasteiger partial charge in [-0.15, -0.1) is 0 Å². The summed E-state index contributed by atoms with van der Waals surface area (Å²) in [7, 11) is 1.76. The van der Waals surface area contributed by atoms with Crippen LogP contribution in [0.3, 0.4) is 0 Å². The van der Waals surface area contributed by atoms with Crippen LogP contribution in [0.25, 0.3) is 0 Å². The maximum absolute atomic E-state index is 12.8. The molecule has 0 fully saturated rings. The van der Waals surface area contributed by atoms with E-state index in [-0.39, 0.29) is 17.9 Å². The summed E-state index contributed by atoms with van der Waals surface area (Å²) in [6.45, 7) is 4.97. The number of hydrogen-bond donors (Lipinski definition) is 0. The Morgan fingerprint density at radius 1 is 1.20 bits per heavy atom. The highest BCUT2D eigenvalue weighted by Gasteiger charge is 2.31. The van der Waals surface area contributed by atoms with Gasteiger partial charge in [-0.05, 0) is 25.1 Å². The number of rotatable bonds is 5. The molecule has 2 atom stereocenters. The van der Waals surface area contributed by atoms with E-state index >= 15 is 0 Å². The molecule has 4 nitrogen and oxygen atoms in total. The summed E-state index contributed by atoms with van der Waals surface area (Å²) in [5.41, 5.74) is 1.70. The lowest BCUT2D eigenvalue weighted by atomic mass is 9.96. The number of para-hydroxylation sites is 2. The number of hydrogen-bond acceptors (Lipinski definition) is 3. The number of amides is 1. The zero-order valence-corrected chi connectivity index (χ0v) is 15.4. The molecule has 3 rings (SSSR count). The van der Waals surface area contributed by atoms with Crippen LogP contribution in [-0.2, 0) is 0 Å². The number of nitrogens with zero attached hydrogens (tertiary/aromatic N) is 1. The van der Waals surface area contributed by atoms with E-state index in [2.05, 4.69) is 6.92 Å². The Labute approximate surface area is 153 Å². The smallest absolute Gasteiger partial charge is 0.257 e. The molecule has 0 bridgehead atoms. The van der Waals surface area contributed by atoms with Gasteiger partial charge in [-0.2, -0.15) is 0 Å². The summed E-state index contributed by atoms with van der Waals surface area (Å²) < 4.78 is 11.6. The minimum Gasteiger partial charge on any atom is -0.490 e. The van der Waals surface area contributed by atoms with Crippen molar-refractivity contribution in [3.05, 3.63) is 58.6 Å². The molecule has 0 saturated carbocycles. The normalized spacial score (nSPS) is 18.4. The minimum absolute atomic E-state index is 0.0686. The number of benzene rings is 2. The molecule has 1 amide bonds. The molecule has 5 heteroatoms. The Balaban J connectivity index is 1.65. The van der Waals surface area contributed by atoms with Crippen LogP contribution in [-0.4, -0.2) is 37.1 Å². The first kappa shape index (κ1) is 17.6. The predicted molar refractivity (Wildman–Crippen MR) is 98.9 cm³/mol. The summed E-state index contributed by atoms with van der Waals surface area (Å²) in [4.78, 5) is 14.4. The highest BCUT2D eigenvalue weighted by atomic mass is 35.5. The second kappa shape index (κ2) is 7.36. The van der Waals surface area contributed by atoms with Crippen LogP contribution in [0.1, 0.15) is 35.7 Å². The lowest BCUT2D eigenvalue weighted by molar-refractivity contribution is 0.0768. The van der Waals surface area contributed by atoms with Crippen molar-refractivity contribution in [3.63, 3.8) is 0 Å². The fourth-order valence-corrected chi connectivity index (χ4v) is 3.11. The number of ether oxygens (including phenoxy) is 2. The first-order valence-corrected chi connectivity index (χ1v) is 8.79. The van der Waals surface area contributed by atoms with Crippen molar-refractivity contribution in [2.75, 3.05) is 20.2 Å². The molecule has 2 aromatic carbocycles. The molecule has 1 aliphatic rings. The van der Waals surface area contributed by atoms with Crippen LogP contribution in [0.5, 0.6) is 11.5 Å². The van der Waals surface area contributed by atoms with Gasteiger partial charge in [-0.3, -0.25) is 4.79 Å². The Bertz CT molecular complexity index is 777. The van der Waals surface area contributed by atoms with E-state index in [1.54, 1.807) is 18.0 Å². The van der Waals surface area contributed by atoms with Gasteiger partial charge in [0.05, 0.1) is 17.1 Å². The van der Waals surface area contributed by atoms with Gasteiger partial charge in [0.25, 0.3) is 5.91 Å². The van der Waals surface area contributed by atoms with Crippen molar-refractivity contribution in [1.29, 1.82) is 0 Å². The molecule has 0 aromatic heterocycles. The second-order valence-electron chi connectivity index (χ2n) is 6.34. The van der Waals surface area contributed by atoms with Crippen LogP contribution < -0.4 is 9.47 Å². The third-order valence-corrected chi connectivity index (χ3v) is 4.95. The third-order valence-electron chi connectivity index (χ3n) is 4.64. The first-order chi connectivity index (χ1) is 12.0. The Hall–Kier alpha value is -2.20. The zero-order chi connectivity index (χ0) is 18.0. The summed E-state index contributed by atoms with van der Waals surface area (Å²) in [5.74, 6) is 1.56. The average molecular weight is 360 g/mol. The predicted octanol–water partition coefficient (Wildman–Crippen LogP) is 4.38. The van der Waals surface area contributed by atoms with Gasteiger partial charge >= 0.3 is 0 Å². The van der Waals surface area contributed by atoms with E-state index in [0.29, 0.717) is 35.2 Å². The molecule has 2 aromatic rings. The van der Waals surface area contributed by atoms with E-state index in [1.165, 1.54) is 0 Å². The van der Waals surface area contributed by atoms with Crippen molar-refractivity contribution >= 4 is 17.5 Å². The van der Waals surface area contributed by atoms with Gasteiger partial charge in [0.2, 0.25) is 0 Å². The van der Waals surface area contributed by atoms with Crippen LogP contribution >= 0.6 is 11.6 Å². The monoisotopic (exact) mass is 359 g/mol. The van der Waals surface area contributed by atoms with Crippen LogP contribution in [0, 0.1) is 0 Å². The van der Waals surface area contributed by atoms with Crippen molar-refractivity contribution in [2.24, 2.45) is 0 Å². The molecule has 0 aliphatic carbocycles. The highest BCUT2D eigenvalue weighted by molar-refractivity contribution is 6.32. The van der Waals surface area contributed by atoms with Gasteiger partial charge in [0, 0.05) is 18.5 Å². The van der Waals surface area contributed by atoms with Gasteiger partial charge in [-0.1, -0.05) is 42.8 Å². The average Bonchev–Trinajstić information content (AvgIpc) is 2.90. The lowest BCUT2D eigenvalue weighted by Gasteiger charge is -2.19. The van der Waals surface area contributed by atoms with Crippen molar-refractivity contribution in [1.82, 2.24) is 4.90 Å². The topological polar surface area (TPSA) is 38.8 Å². The van der Waals surface area contributed by atoms with Crippen LogP contribution in [0.4, 0.5) is 0 Å². The van der Waals surface area contributed by atoms with E-state index in [4.69, 9.17) is 21.1 Å². The zero-order valence-electron chi connectivity index (χ0n) is 14.7. The first-order valence-electron chi connectivity index (χ1n) is 8.41. The molecule has 0 spiro atoms. The van der Waals surface area contributed by atoms with E-state index in [0.717, 1.165) is 5.56 Å². The number of likely N-dealkylation sites (N-methyl/N-ethyl adjacent to an activating group) is 1.